The van der Waals surface area contributed by atoms with Crippen LogP contribution in [0.5, 0.6) is 0 Å². The summed E-state index contributed by atoms with van der Waals surface area (Å²) in [7, 11) is 0. The fourth-order valence-electron chi connectivity index (χ4n) is 3.18. The lowest BCUT2D eigenvalue weighted by Crippen LogP contribution is -2.17. The number of nitrogens with one attached hydrogen (secondary N) is 1. The van der Waals surface area contributed by atoms with Gasteiger partial charge in [-0.25, -0.2) is 9.67 Å². The van der Waals surface area contributed by atoms with Crippen molar-refractivity contribution >= 4 is 39.4 Å². The largest absolute Gasteiger partial charge is 0.436 e. The van der Waals surface area contributed by atoms with Gasteiger partial charge < -0.3 is 0 Å². The summed E-state index contributed by atoms with van der Waals surface area (Å²) in [6, 6.07) is 7.30. The van der Waals surface area contributed by atoms with Gasteiger partial charge in [0.15, 0.2) is 5.69 Å². The second kappa shape index (κ2) is 8.62. The molecule has 12 heteroatoms. The minimum absolute atomic E-state index is 0.0205. The number of carbonyl (C=O) groups excluding carboxylic acids is 1. The van der Waals surface area contributed by atoms with Gasteiger partial charge in [-0.2, -0.15) is 18.3 Å². The molecule has 1 aromatic carbocycles. The summed E-state index contributed by atoms with van der Waals surface area (Å²) in [5.74, 6) is -0.280. The summed E-state index contributed by atoms with van der Waals surface area (Å²) in [4.78, 5) is 16.3. The number of aromatic nitrogens is 5. The molecule has 31 heavy (non-hydrogen) atoms. The van der Waals surface area contributed by atoms with Crippen molar-refractivity contribution in [2.24, 2.45) is 0 Å². The summed E-state index contributed by atoms with van der Waals surface area (Å²) < 4.78 is 42.3. The van der Waals surface area contributed by atoms with Crippen LogP contribution >= 0.6 is 27.5 Å². The average molecular weight is 518 g/mol. The Morgan fingerprint density at radius 3 is 2.68 bits per heavy atom. The monoisotopic (exact) mass is 516 g/mol. The summed E-state index contributed by atoms with van der Waals surface area (Å²) in [5, 5.41) is 11.0. The van der Waals surface area contributed by atoms with Gasteiger partial charge in [0.25, 0.3) is 0 Å². The van der Waals surface area contributed by atoms with Gasteiger partial charge in [0.05, 0.1) is 23.3 Å². The Morgan fingerprint density at radius 1 is 1.26 bits per heavy atom. The Balaban J connectivity index is 1.38. The van der Waals surface area contributed by atoms with E-state index in [4.69, 9.17) is 11.6 Å². The van der Waals surface area contributed by atoms with Crippen LogP contribution in [-0.2, 0) is 24.1 Å². The molecule has 1 amide bonds. The van der Waals surface area contributed by atoms with Gasteiger partial charge in [-0.05, 0) is 40.4 Å². The van der Waals surface area contributed by atoms with Crippen LogP contribution in [0.1, 0.15) is 42.1 Å². The molecule has 7 nitrogen and oxygen atoms in total. The molecule has 4 rings (SSSR count). The topological polar surface area (TPSA) is 77.6 Å². The minimum atomic E-state index is -4.56. The third-order valence-corrected chi connectivity index (χ3v) is 5.94. The Hall–Kier alpha value is -2.40. The van der Waals surface area contributed by atoms with Crippen LogP contribution in [0.25, 0.3) is 0 Å². The van der Waals surface area contributed by atoms with Crippen molar-refractivity contribution in [3.8, 4) is 0 Å². The summed E-state index contributed by atoms with van der Waals surface area (Å²) in [6.45, 7) is 0.404. The van der Waals surface area contributed by atoms with E-state index in [0.29, 0.717) is 17.3 Å². The highest BCUT2D eigenvalue weighted by atomic mass is 79.9. The van der Waals surface area contributed by atoms with Crippen molar-refractivity contribution in [1.82, 2.24) is 24.5 Å². The molecule has 1 aliphatic rings. The van der Waals surface area contributed by atoms with Crippen molar-refractivity contribution < 1.29 is 18.0 Å². The predicted molar refractivity (Wildman–Crippen MR) is 111 cm³/mol. The maximum Gasteiger partial charge on any atom is 0.436 e. The first-order valence-corrected chi connectivity index (χ1v) is 10.7. The molecular formula is C19H17BrClF3N6O. The van der Waals surface area contributed by atoms with Crippen molar-refractivity contribution in [2.45, 2.75) is 44.4 Å². The number of hydrogen-bond acceptors (Lipinski definition) is 4. The standard InChI is InChI=1S/C19H17BrClF3N6O/c20-15-16(11-5-6-11)30(27-17(15)19(22,23)24)8-7-14(31)26-18-25-10-29(28-18)9-12-3-1-2-4-13(12)21/h1-4,10-11H,5-9H2,(H,26,28,31). The molecule has 0 unspecified atom stereocenters. The molecule has 0 aliphatic heterocycles. The fraction of sp³-hybridized carbons (Fsp3) is 0.368. The van der Waals surface area contributed by atoms with Crippen molar-refractivity contribution in [1.29, 1.82) is 0 Å². The first-order valence-electron chi connectivity index (χ1n) is 9.48. The zero-order chi connectivity index (χ0) is 22.2. The number of anilines is 1. The van der Waals surface area contributed by atoms with Crippen LogP contribution < -0.4 is 5.32 Å². The highest BCUT2D eigenvalue weighted by Crippen LogP contribution is 2.47. The number of hydrogen-bond donors (Lipinski definition) is 1. The van der Waals surface area contributed by atoms with Crippen LogP contribution in [0, 0.1) is 0 Å². The number of benzene rings is 1. The van der Waals surface area contributed by atoms with Crippen LogP contribution in [0.15, 0.2) is 35.1 Å². The summed E-state index contributed by atoms with van der Waals surface area (Å²) in [5.41, 5.74) is 0.376. The number of rotatable bonds is 7. The van der Waals surface area contributed by atoms with Gasteiger partial charge in [0.2, 0.25) is 11.9 Å². The van der Waals surface area contributed by atoms with Gasteiger partial charge >= 0.3 is 6.18 Å². The Kier molecular flexibility index (Phi) is 6.07. The van der Waals surface area contributed by atoms with E-state index < -0.39 is 17.8 Å². The smallest absolute Gasteiger partial charge is 0.293 e. The lowest BCUT2D eigenvalue weighted by atomic mass is 10.2. The molecule has 3 aromatic rings. The normalized spacial score (nSPS) is 14.1. The highest BCUT2D eigenvalue weighted by molar-refractivity contribution is 9.10. The average Bonchev–Trinajstić information content (AvgIpc) is 3.34. The Bertz CT molecular complexity index is 1110. The molecule has 0 radical (unpaired) electrons. The van der Waals surface area contributed by atoms with E-state index >= 15 is 0 Å². The van der Waals surface area contributed by atoms with Crippen molar-refractivity contribution in [2.75, 3.05) is 5.32 Å². The Labute approximate surface area is 188 Å². The maximum absolute atomic E-state index is 13.2. The summed E-state index contributed by atoms with van der Waals surface area (Å²) in [6.07, 6.45) is -1.55. The Morgan fingerprint density at radius 2 is 2.00 bits per heavy atom. The molecule has 0 saturated heterocycles. The maximum atomic E-state index is 13.2. The van der Waals surface area contributed by atoms with Gasteiger partial charge in [0, 0.05) is 17.4 Å². The van der Waals surface area contributed by atoms with Crippen LogP contribution in [0.4, 0.5) is 19.1 Å². The van der Waals surface area contributed by atoms with E-state index in [-0.39, 0.29) is 29.3 Å². The molecule has 0 atom stereocenters. The van der Waals surface area contributed by atoms with Crippen molar-refractivity contribution in [3.05, 3.63) is 57.0 Å². The van der Waals surface area contributed by atoms with E-state index in [2.05, 4.69) is 36.4 Å². The molecule has 1 aliphatic carbocycles. The second-order valence-corrected chi connectivity index (χ2v) is 8.40. The molecule has 2 aromatic heterocycles. The number of aryl methyl sites for hydroxylation is 1. The van der Waals surface area contributed by atoms with Crippen LogP contribution in [-0.4, -0.2) is 30.5 Å². The van der Waals surface area contributed by atoms with E-state index in [9.17, 15) is 18.0 Å². The number of halogens is 5. The lowest BCUT2D eigenvalue weighted by molar-refractivity contribution is -0.142. The third-order valence-electron chi connectivity index (χ3n) is 4.79. The first-order chi connectivity index (χ1) is 14.7. The van der Waals surface area contributed by atoms with Crippen molar-refractivity contribution in [3.63, 3.8) is 0 Å². The predicted octanol–water partition coefficient (Wildman–Crippen LogP) is 4.86. The van der Waals surface area contributed by atoms with Gasteiger partial charge in [-0.3, -0.25) is 14.8 Å². The van der Waals surface area contributed by atoms with Gasteiger partial charge in [-0.1, -0.05) is 29.8 Å². The number of carbonyl (C=O) groups is 1. The lowest BCUT2D eigenvalue weighted by Gasteiger charge is -2.07. The van der Waals surface area contributed by atoms with Gasteiger partial charge in [-0.15, -0.1) is 5.10 Å². The zero-order valence-corrected chi connectivity index (χ0v) is 18.4. The minimum Gasteiger partial charge on any atom is -0.293 e. The fourth-order valence-corrected chi connectivity index (χ4v) is 4.20. The molecule has 1 N–H and O–H groups in total. The second-order valence-electron chi connectivity index (χ2n) is 7.20. The van der Waals surface area contributed by atoms with Gasteiger partial charge in [0.1, 0.15) is 6.33 Å². The molecule has 164 valence electrons. The van der Waals surface area contributed by atoms with Crippen LogP contribution in [0.3, 0.4) is 0 Å². The molecule has 1 saturated carbocycles. The van der Waals surface area contributed by atoms with E-state index in [1.807, 2.05) is 18.2 Å². The quantitative estimate of drug-likeness (QED) is 0.485. The first kappa shape index (κ1) is 21.8. The summed E-state index contributed by atoms with van der Waals surface area (Å²) >= 11 is 9.17. The molecule has 0 spiro atoms. The number of alkyl halides is 3. The molecule has 2 heterocycles. The SMILES string of the molecule is O=C(CCn1nc(C(F)(F)F)c(Br)c1C1CC1)Nc1ncn(Cc2ccccc2Cl)n1. The number of nitrogens with zero attached hydrogens (tertiary/aromatic N) is 5. The zero-order valence-electron chi connectivity index (χ0n) is 16.0. The number of amides is 1. The van der Waals surface area contributed by atoms with E-state index in [0.717, 1.165) is 18.4 Å². The van der Waals surface area contributed by atoms with E-state index in [1.54, 1.807) is 6.07 Å². The third kappa shape index (κ3) is 5.09. The van der Waals surface area contributed by atoms with E-state index in [1.165, 1.54) is 15.7 Å². The highest BCUT2D eigenvalue weighted by Gasteiger charge is 2.41. The molecular weight excluding hydrogens is 501 g/mol. The van der Waals surface area contributed by atoms with Crippen LogP contribution in [0.2, 0.25) is 5.02 Å². The molecule has 0 bridgehead atoms. The molecule has 1 fully saturated rings.